The highest BCUT2D eigenvalue weighted by Gasteiger charge is 1.97. The monoisotopic (exact) mass is 218 g/mol. The summed E-state index contributed by atoms with van der Waals surface area (Å²) in [5.74, 6) is 0.625. The van der Waals surface area contributed by atoms with Crippen molar-refractivity contribution < 1.29 is 10.2 Å². The lowest BCUT2D eigenvalue weighted by Gasteiger charge is -2.04. The number of rotatable bonds is 7. The quantitative estimate of drug-likeness (QED) is 0.643. The molecule has 0 saturated heterocycles. The maximum atomic E-state index is 8.72. The maximum absolute atomic E-state index is 8.72. The molecule has 94 valence electrons. The Kier molecular flexibility index (Phi) is 16.1. The summed E-state index contributed by atoms with van der Waals surface area (Å²) >= 11 is 0. The van der Waals surface area contributed by atoms with Crippen LogP contribution in [-0.2, 0) is 0 Å². The highest BCUT2D eigenvalue weighted by atomic mass is 16.3. The zero-order valence-corrected chi connectivity index (χ0v) is 11.0. The van der Waals surface area contributed by atoms with Crippen LogP contribution in [0.3, 0.4) is 0 Å². The number of hydrogen-bond acceptors (Lipinski definition) is 2. The van der Waals surface area contributed by atoms with Crippen LogP contribution in [0, 0.1) is 5.92 Å². The molecule has 0 aliphatic carbocycles. The number of aliphatic hydroxyl groups is 2. The van der Waals surface area contributed by atoms with Gasteiger partial charge in [0.2, 0.25) is 0 Å². The lowest BCUT2D eigenvalue weighted by Crippen LogP contribution is -2.03. The molecule has 0 fully saturated rings. The lowest BCUT2D eigenvalue weighted by molar-refractivity contribution is 0.168. The summed E-state index contributed by atoms with van der Waals surface area (Å²) in [5, 5.41) is 17.1. The Balaban J connectivity index is 0. The SMILES string of the molecule is CC(C)CC(C)O.CCCCCCCO. The van der Waals surface area contributed by atoms with Crippen LogP contribution < -0.4 is 0 Å². The molecule has 0 rings (SSSR count). The second kappa shape index (κ2) is 13.9. The van der Waals surface area contributed by atoms with E-state index in [0.717, 1.165) is 12.8 Å². The minimum atomic E-state index is -0.125. The van der Waals surface area contributed by atoms with Gasteiger partial charge < -0.3 is 10.2 Å². The van der Waals surface area contributed by atoms with Gasteiger partial charge in [0.1, 0.15) is 0 Å². The van der Waals surface area contributed by atoms with E-state index in [1.54, 1.807) is 0 Å². The lowest BCUT2D eigenvalue weighted by atomic mass is 10.1. The Labute approximate surface area is 95.7 Å². The molecule has 0 aromatic rings. The molecule has 2 nitrogen and oxygen atoms in total. The van der Waals surface area contributed by atoms with Crippen molar-refractivity contribution in [2.24, 2.45) is 5.92 Å². The fourth-order valence-corrected chi connectivity index (χ4v) is 1.40. The van der Waals surface area contributed by atoms with Gasteiger partial charge in [-0.25, -0.2) is 0 Å². The molecule has 0 amide bonds. The standard InChI is InChI=1S/C7H16O.C6H14O/c1-2-3-4-5-6-7-8;1-5(2)4-6(3)7/h8H,2-7H2,1H3;5-7H,4H2,1-3H3. The van der Waals surface area contributed by atoms with E-state index in [-0.39, 0.29) is 6.10 Å². The Morgan fingerprint density at radius 2 is 1.47 bits per heavy atom. The van der Waals surface area contributed by atoms with Crippen LogP contribution in [0.4, 0.5) is 0 Å². The third-order valence-corrected chi connectivity index (χ3v) is 2.07. The molecule has 0 radical (unpaired) electrons. The molecule has 0 aliphatic rings. The Morgan fingerprint density at radius 1 is 0.933 bits per heavy atom. The first-order valence-electron chi connectivity index (χ1n) is 6.33. The normalized spacial score (nSPS) is 12.2. The maximum Gasteiger partial charge on any atom is 0.0514 e. The minimum absolute atomic E-state index is 0.125. The molecule has 0 bridgehead atoms. The fourth-order valence-electron chi connectivity index (χ4n) is 1.40. The van der Waals surface area contributed by atoms with Gasteiger partial charge in [-0.05, 0) is 25.7 Å². The van der Waals surface area contributed by atoms with Crippen LogP contribution in [-0.4, -0.2) is 22.9 Å². The van der Waals surface area contributed by atoms with Crippen molar-refractivity contribution in [1.29, 1.82) is 0 Å². The van der Waals surface area contributed by atoms with Gasteiger partial charge in [0.15, 0.2) is 0 Å². The van der Waals surface area contributed by atoms with E-state index in [9.17, 15) is 0 Å². The third kappa shape index (κ3) is 24.9. The molecule has 2 heteroatoms. The highest BCUT2D eigenvalue weighted by molar-refractivity contribution is 4.49. The summed E-state index contributed by atoms with van der Waals surface area (Å²) in [7, 11) is 0. The predicted octanol–water partition coefficient (Wildman–Crippen LogP) is 3.36. The smallest absolute Gasteiger partial charge is 0.0514 e. The second-order valence-corrected chi connectivity index (χ2v) is 4.62. The summed E-state index contributed by atoms with van der Waals surface area (Å²) in [4.78, 5) is 0. The molecule has 0 heterocycles. The fraction of sp³-hybridized carbons (Fsp3) is 1.00. The average Bonchev–Trinajstić information content (AvgIpc) is 2.11. The summed E-state index contributed by atoms with van der Waals surface area (Å²) in [6.07, 6.45) is 6.87. The van der Waals surface area contributed by atoms with Gasteiger partial charge in [-0.3, -0.25) is 0 Å². The minimum Gasteiger partial charge on any atom is -0.396 e. The zero-order valence-electron chi connectivity index (χ0n) is 11.0. The first-order valence-corrected chi connectivity index (χ1v) is 6.33. The van der Waals surface area contributed by atoms with Crippen LogP contribution in [0.2, 0.25) is 0 Å². The summed E-state index contributed by atoms with van der Waals surface area (Å²) in [6.45, 7) is 8.59. The van der Waals surface area contributed by atoms with Crippen molar-refractivity contribution in [3.63, 3.8) is 0 Å². The van der Waals surface area contributed by atoms with E-state index < -0.39 is 0 Å². The van der Waals surface area contributed by atoms with Crippen LogP contribution in [0.25, 0.3) is 0 Å². The first kappa shape index (κ1) is 17.3. The highest BCUT2D eigenvalue weighted by Crippen LogP contribution is 2.02. The van der Waals surface area contributed by atoms with E-state index in [1.807, 2.05) is 6.92 Å². The van der Waals surface area contributed by atoms with Crippen molar-refractivity contribution in [1.82, 2.24) is 0 Å². The summed E-state index contributed by atoms with van der Waals surface area (Å²) in [6, 6.07) is 0. The number of aliphatic hydroxyl groups excluding tert-OH is 2. The predicted molar refractivity (Wildman–Crippen MR) is 67.0 cm³/mol. The molecule has 0 spiro atoms. The van der Waals surface area contributed by atoms with Crippen LogP contribution in [0.15, 0.2) is 0 Å². The van der Waals surface area contributed by atoms with Crippen LogP contribution in [0.5, 0.6) is 0 Å². The average molecular weight is 218 g/mol. The van der Waals surface area contributed by atoms with Gasteiger partial charge in [0.05, 0.1) is 6.10 Å². The molecule has 0 saturated carbocycles. The van der Waals surface area contributed by atoms with Crippen molar-refractivity contribution in [2.75, 3.05) is 6.61 Å². The van der Waals surface area contributed by atoms with Crippen molar-refractivity contribution >= 4 is 0 Å². The molecule has 15 heavy (non-hydrogen) atoms. The van der Waals surface area contributed by atoms with E-state index in [4.69, 9.17) is 10.2 Å². The molecule has 2 N–H and O–H groups in total. The summed E-state index contributed by atoms with van der Waals surface area (Å²) < 4.78 is 0. The van der Waals surface area contributed by atoms with Gasteiger partial charge in [-0.15, -0.1) is 0 Å². The van der Waals surface area contributed by atoms with Crippen molar-refractivity contribution in [3.8, 4) is 0 Å². The molecule has 1 atom stereocenters. The third-order valence-electron chi connectivity index (χ3n) is 2.07. The first-order chi connectivity index (χ1) is 7.04. The van der Waals surface area contributed by atoms with Crippen molar-refractivity contribution in [3.05, 3.63) is 0 Å². The van der Waals surface area contributed by atoms with Crippen LogP contribution in [0.1, 0.15) is 66.2 Å². The molecule has 0 aliphatic heterocycles. The number of hydrogen-bond donors (Lipinski definition) is 2. The Bertz CT molecular complexity index is 88.7. The van der Waals surface area contributed by atoms with E-state index in [2.05, 4.69) is 20.8 Å². The molecular weight excluding hydrogens is 188 g/mol. The molecule has 0 aromatic carbocycles. The zero-order chi connectivity index (χ0) is 12.1. The van der Waals surface area contributed by atoms with Gasteiger partial charge in [0, 0.05) is 6.61 Å². The molecule has 1 unspecified atom stereocenters. The largest absolute Gasteiger partial charge is 0.396 e. The van der Waals surface area contributed by atoms with E-state index in [0.29, 0.717) is 12.5 Å². The second-order valence-electron chi connectivity index (χ2n) is 4.62. The summed E-state index contributed by atoms with van der Waals surface area (Å²) in [5.41, 5.74) is 0. The Morgan fingerprint density at radius 3 is 1.73 bits per heavy atom. The van der Waals surface area contributed by atoms with Gasteiger partial charge in [-0.2, -0.15) is 0 Å². The van der Waals surface area contributed by atoms with Crippen LogP contribution >= 0.6 is 0 Å². The van der Waals surface area contributed by atoms with Crippen molar-refractivity contribution in [2.45, 2.75) is 72.3 Å². The van der Waals surface area contributed by atoms with E-state index in [1.165, 1.54) is 25.7 Å². The number of unbranched alkanes of at least 4 members (excludes halogenated alkanes) is 4. The van der Waals surface area contributed by atoms with Gasteiger partial charge in [-0.1, -0.05) is 46.5 Å². The van der Waals surface area contributed by atoms with Gasteiger partial charge >= 0.3 is 0 Å². The van der Waals surface area contributed by atoms with Gasteiger partial charge in [0.25, 0.3) is 0 Å². The van der Waals surface area contributed by atoms with E-state index >= 15 is 0 Å². The molecular formula is C13H30O2. The molecule has 0 aromatic heterocycles. The topological polar surface area (TPSA) is 40.5 Å². The Hall–Kier alpha value is -0.0800.